The topological polar surface area (TPSA) is 89.0 Å². The number of aromatic nitrogens is 4. The second kappa shape index (κ2) is 9.24. The van der Waals surface area contributed by atoms with Crippen LogP contribution in [-0.4, -0.2) is 39.3 Å². The third kappa shape index (κ3) is 4.16. The number of para-hydroxylation sites is 2. The van der Waals surface area contributed by atoms with Gasteiger partial charge in [-0.1, -0.05) is 12.1 Å². The zero-order valence-corrected chi connectivity index (χ0v) is 19.5. The molecule has 0 bridgehead atoms. The van der Waals surface area contributed by atoms with Crippen LogP contribution in [0.3, 0.4) is 0 Å². The molecule has 12 heteroatoms. The number of anilines is 1. The van der Waals surface area contributed by atoms with Crippen LogP contribution in [0.2, 0.25) is 0 Å². The predicted octanol–water partition coefficient (Wildman–Crippen LogP) is 4.13. The average Bonchev–Trinajstić information content (AvgIpc) is 3.45. The second-order valence-electron chi connectivity index (χ2n) is 8.60. The molecule has 1 saturated heterocycles. The largest absolute Gasteiger partial charge is 0.494 e. The van der Waals surface area contributed by atoms with E-state index in [1.807, 2.05) is 6.07 Å². The van der Waals surface area contributed by atoms with Crippen LogP contribution in [0.5, 0.6) is 5.75 Å². The molecule has 4 aromatic rings. The van der Waals surface area contributed by atoms with Gasteiger partial charge < -0.3 is 9.64 Å². The smallest absolute Gasteiger partial charge is 0.433 e. The molecule has 0 radical (unpaired) electrons. The Balaban J connectivity index is 1.61. The van der Waals surface area contributed by atoms with Crippen molar-refractivity contribution in [2.45, 2.75) is 25.2 Å². The summed E-state index contributed by atoms with van der Waals surface area (Å²) in [5.74, 6) is -0.227. The summed E-state index contributed by atoms with van der Waals surface area (Å²) in [5.41, 5.74) is -0.790. The van der Waals surface area contributed by atoms with Crippen molar-refractivity contribution in [3.8, 4) is 11.8 Å². The minimum Gasteiger partial charge on any atom is -0.494 e. The SMILES string of the molecule is COc1cccc2c1n(Cc1cncnc1C(F)(F)F)c(=O)n2C1CCN(c2c(F)cccc2C#N)C1. The molecule has 0 saturated carbocycles. The molecule has 1 unspecified atom stereocenters. The Bertz CT molecular complexity index is 1590. The maximum absolute atomic E-state index is 14.6. The minimum absolute atomic E-state index is 0.165. The van der Waals surface area contributed by atoms with Crippen molar-refractivity contribution in [3.63, 3.8) is 0 Å². The van der Waals surface area contributed by atoms with Crippen LogP contribution in [0, 0.1) is 17.1 Å². The van der Waals surface area contributed by atoms with Crippen molar-refractivity contribution in [2.24, 2.45) is 0 Å². The van der Waals surface area contributed by atoms with Gasteiger partial charge in [0.2, 0.25) is 0 Å². The molecule has 0 spiro atoms. The lowest BCUT2D eigenvalue weighted by Crippen LogP contribution is -2.30. The van der Waals surface area contributed by atoms with E-state index in [9.17, 15) is 27.6 Å². The summed E-state index contributed by atoms with van der Waals surface area (Å²) in [5, 5.41) is 9.45. The molecule has 3 heterocycles. The van der Waals surface area contributed by atoms with Gasteiger partial charge in [-0.2, -0.15) is 18.4 Å². The highest BCUT2D eigenvalue weighted by molar-refractivity contribution is 5.83. The van der Waals surface area contributed by atoms with Crippen molar-refractivity contribution >= 4 is 16.7 Å². The Hall–Kier alpha value is -4.40. The summed E-state index contributed by atoms with van der Waals surface area (Å²) in [6.07, 6.45) is -2.42. The average molecular weight is 512 g/mol. The van der Waals surface area contributed by atoms with Crippen LogP contribution in [0.4, 0.5) is 23.2 Å². The van der Waals surface area contributed by atoms with Crippen LogP contribution in [0.25, 0.3) is 11.0 Å². The summed E-state index contributed by atoms with van der Waals surface area (Å²) in [6.45, 7) is 0.183. The lowest BCUT2D eigenvalue weighted by molar-refractivity contribution is -0.142. The molecule has 1 aliphatic rings. The van der Waals surface area contributed by atoms with Gasteiger partial charge in [0.25, 0.3) is 0 Å². The van der Waals surface area contributed by atoms with Crippen molar-refractivity contribution in [3.05, 3.63) is 82.0 Å². The Morgan fingerprint density at radius 1 is 1.22 bits per heavy atom. The van der Waals surface area contributed by atoms with Crippen LogP contribution in [-0.2, 0) is 12.7 Å². The van der Waals surface area contributed by atoms with E-state index in [1.54, 1.807) is 23.1 Å². The van der Waals surface area contributed by atoms with Gasteiger partial charge in [-0.05, 0) is 30.7 Å². The highest BCUT2D eigenvalue weighted by Gasteiger charge is 2.36. The number of alkyl halides is 3. The summed E-state index contributed by atoms with van der Waals surface area (Å²) in [7, 11) is 1.41. The van der Waals surface area contributed by atoms with E-state index in [0.717, 1.165) is 12.5 Å². The molecule has 0 N–H and O–H groups in total. The van der Waals surface area contributed by atoms with Gasteiger partial charge in [-0.15, -0.1) is 0 Å². The molecule has 2 aromatic heterocycles. The zero-order valence-electron chi connectivity index (χ0n) is 19.5. The number of hydrogen-bond acceptors (Lipinski definition) is 6. The Morgan fingerprint density at radius 3 is 2.73 bits per heavy atom. The van der Waals surface area contributed by atoms with Gasteiger partial charge in [-0.3, -0.25) is 9.13 Å². The molecule has 37 heavy (non-hydrogen) atoms. The molecular formula is C25H20F4N6O2. The van der Waals surface area contributed by atoms with Crippen molar-refractivity contribution in [1.29, 1.82) is 5.26 Å². The number of nitrogens with zero attached hydrogens (tertiary/aromatic N) is 6. The molecule has 1 atom stereocenters. The first-order valence-electron chi connectivity index (χ1n) is 11.3. The van der Waals surface area contributed by atoms with Crippen molar-refractivity contribution in [2.75, 3.05) is 25.1 Å². The maximum Gasteiger partial charge on any atom is 0.433 e. The predicted molar refractivity (Wildman–Crippen MR) is 126 cm³/mol. The monoisotopic (exact) mass is 512 g/mol. The van der Waals surface area contributed by atoms with Crippen LogP contribution >= 0.6 is 0 Å². The molecular weight excluding hydrogens is 492 g/mol. The van der Waals surface area contributed by atoms with E-state index < -0.39 is 36.0 Å². The first-order chi connectivity index (χ1) is 17.7. The van der Waals surface area contributed by atoms with E-state index in [0.29, 0.717) is 29.7 Å². The molecule has 8 nitrogen and oxygen atoms in total. The first-order valence-corrected chi connectivity index (χ1v) is 11.3. The van der Waals surface area contributed by atoms with E-state index >= 15 is 0 Å². The summed E-state index contributed by atoms with van der Waals surface area (Å²) >= 11 is 0. The van der Waals surface area contributed by atoms with Crippen LogP contribution < -0.4 is 15.3 Å². The summed E-state index contributed by atoms with van der Waals surface area (Å²) in [6, 6.07) is 10.8. The number of fused-ring (bicyclic) bond motifs is 1. The Kier molecular flexibility index (Phi) is 6.07. The van der Waals surface area contributed by atoms with Crippen molar-refractivity contribution < 1.29 is 22.3 Å². The number of nitriles is 1. The summed E-state index contributed by atoms with van der Waals surface area (Å²) < 4.78 is 63.6. The number of imidazole rings is 1. The molecule has 190 valence electrons. The van der Waals surface area contributed by atoms with E-state index in [2.05, 4.69) is 9.97 Å². The number of ether oxygens (including phenoxy) is 1. The standard InChI is InChI=1S/C25H20F4N6O2/c1-37-20-7-3-6-19-22(20)34(12-16-11-31-14-32-23(16)25(27,28)29)24(36)35(19)17-8-9-33(13-17)21-15(10-30)4-2-5-18(21)26/h2-7,11,14,17H,8-9,12-13H2,1H3. The number of benzene rings is 2. The van der Waals surface area contributed by atoms with Gasteiger partial charge in [0.05, 0.1) is 36.5 Å². The lowest BCUT2D eigenvalue weighted by Gasteiger charge is -2.21. The van der Waals surface area contributed by atoms with Crippen LogP contribution in [0.1, 0.15) is 29.3 Å². The normalized spacial score (nSPS) is 15.8. The van der Waals surface area contributed by atoms with Gasteiger partial charge in [-0.25, -0.2) is 19.2 Å². The molecule has 5 rings (SSSR count). The minimum atomic E-state index is -4.73. The number of hydrogen-bond donors (Lipinski definition) is 0. The summed E-state index contributed by atoms with van der Waals surface area (Å²) in [4.78, 5) is 22.6. The fourth-order valence-corrected chi connectivity index (χ4v) is 4.95. The van der Waals surface area contributed by atoms with E-state index in [-0.39, 0.29) is 23.4 Å². The Morgan fingerprint density at radius 2 is 2.00 bits per heavy atom. The van der Waals surface area contributed by atoms with Gasteiger partial charge in [0, 0.05) is 24.8 Å². The third-order valence-electron chi connectivity index (χ3n) is 6.50. The fourth-order valence-electron chi connectivity index (χ4n) is 4.95. The lowest BCUT2D eigenvalue weighted by atomic mass is 10.1. The van der Waals surface area contributed by atoms with Gasteiger partial charge >= 0.3 is 11.9 Å². The second-order valence-corrected chi connectivity index (χ2v) is 8.60. The Labute approximate surface area is 208 Å². The molecule has 2 aromatic carbocycles. The molecule has 0 amide bonds. The van der Waals surface area contributed by atoms with Gasteiger partial charge in [0.15, 0.2) is 5.69 Å². The van der Waals surface area contributed by atoms with Crippen LogP contribution in [0.15, 0.2) is 53.7 Å². The number of methoxy groups -OCH3 is 1. The van der Waals surface area contributed by atoms with Gasteiger partial charge in [0.1, 0.15) is 29.5 Å². The third-order valence-corrected chi connectivity index (χ3v) is 6.50. The number of halogens is 4. The highest BCUT2D eigenvalue weighted by Crippen LogP contribution is 2.35. The zero-order chi connectivity index (χ0) is 26.3. The fraction of sp³-hybridized carbons (Fsp3) is 0.280. The van der Waals surface area contributed by atoms with E-state index in [1.165, 1.54) is 34.4 Å². The highest BCUT2D eigenvalue weighted by atomic mass is 19.4. The quantitative estimate of drug-likeness (QED) is 0.374. The first kappa shape index (κ1) is 24.3. The van der Waals surface area contributed by atoms with E-state index in [4.69, 9.17) is 4.74 Å². The van der Waals surface area contributed by atoms with Crippen molar-refractivity contribution in [1.82, 2.24) is 19.1 Å². The molecule has 1 fully saturated rings. The number of rotatable bonds is 5. The molecule has 1 aliphatic heterocycles. The molecule has 0 aliphatic carbocycles. The maximum atomic E-state index is 14.6.